The van der Waals surface area contributed by atoms with Gasteiger partial charge in [0.1, 0.15) is 5.82 Å². The molecule has 0 atom stereocenters. The predicted molar refractivity (Wildman–Crippen MR) is 116 cm³/mol. The van der Waals surface area contributed by atoms with Crippen molar-refractivity contribution in [1.29, 1.82) is 0 Å². The number of aromatic nitrogens is 1. The van der Waals surface area contributed by atoms with Crippen LogP contribution in [0.3, 0.4) is 0 Å². The zero-order valence-corrected chi connectivity index (χ0v) is 17.3. The molecule has 2 aliphatic rings. The van der Waals surface area contributed by atoms with E-state index >= 15 is 0 Å². The van der Waals surface area contributed by atoms with Crippen molar-refractivity contribution in [2.75, 3.05) is 44.2 Å². The summed E-state index contributed by atoms with van der Waals surface area (Å²) in [5.74, 6) is 1.08. The Morgan fingerprint density at radius 3 is 2.68 bits per heavy atom. The molecule has 1 aromatic carbocycles. The summed E-state index contributed by atoms with van der Waals surface area (Å²) >= 11 is 0. The molecule has 0 spiro atoms. The fraction of sp³-hybridized carbons (Fsp3) is 0.542. The second-order valence-electron chi connectivity index (χ2n) is 8.90. The number of aliphatic hydroxyl groups is 1. The van der Waals surface area contributed by atoms with Gasteiger partial charge in [-0.15, -0.1) is 0 Å². The van der Waals surface area contributed by atoms with Gasteiger partial charge in [-0.05, 0) is 60.4 Å². The average molecular weight is 380 g/mol. The van der Waals surface area contributed by atoms with Crippen LogP contribution in [0.2, 0.25) is 0 Å². The molecule has 1 aromatic heterocycles. The Labute approximate surface area is 169 Å². The van der Waals surface area contributed by atoms with Crippen LogP contribution < -0.4 is 4.90 Å². The van der Waals surface area contributed by atoms with Crippen molar-refractivity contribution in [3.05, 3.63) is 47.5 Å². The topological polar surface area (TPSA) is 39.6 Å². The van der Waals surface area contributed by atoms with Gasteiger partial charge in [0, 0.05) is 44.9 Å². The Morgan fingerprint density at radius 2 is 1.89 bits per heavy atom. The van der Waals surface area contributed by atoms with E-state index in [4.69, 9.17) is 10.1 Å². The van der Waals surface area contributed by atoms with E-state index < -0.39 is 0 Å². The highest BCUT2D eigenvalue weighted by Gasteiger charge is 2.27. The second kappa shape index (κ2) is 8.22. The second-order valence-corrected chi connectivity index (χ2v) is 8.90. The molecule has 2 heterocycles. The number of rotatable bonds is 5. The molecule has 4 rings (SSSR count). The molecule has 0 bridgehead atoms. The van der Waals surface area contributed by atoms with E-state index in [0.717, 1.165) is 50.7 Å². The zero-order chi connectivity index (χ0) is 19.6. The summed E-state index contributed by atoms with van der Waals surface area (Å²) in [5, 5.41) is 9.02. The Bertz CT molecular complexity index is 809. The Kier molecular flexibility index (Phi) is 5.70. The predicted octanol–water partition coefficient (Wildman–Crippen LogP) is 3.87. The van der Waals surface area contributed by atoms with Gasteiger partial charge in [-0.1, -0.05) is 32.0 Å². The fourth-order valence-electron chi connectivity index (χ4n) is 4.73. The van der Waals surface area contributed by atoms with Crippen LogP contribution in [0.5, 0.6) is 0 Å². The van der Waals surface area contributed by atoms with Crippen molar-refractivity contribution in [1.82, 2.24) is 9.88 Å². The molecular formula is C24H33N3O. The van der Waals surface area contributed by atoms with Crippen LogP contribution >= 0.6 is 0 Å². The maximum Gasteiger partial charge on any atom is 0.129 e. The maximum atomic E-state index is 9.02. The summed E-state index contributed by atoms with van der Waals surface area (Å²) in [6.45, 7) is 10.1. The Hall–Kier alpha value is -1.91. The average Bonchev–Trinajstić information content (AvgIpc) is 2.72. The van der Waals surface area contributed by atoms with E-state index in [1.54, 1.807) is 0 Å². The lowest BCUT2D eigenvalue weighted by Gasteiger charge is -2.35. The number of hydrogen-bond acceptors (Lipinski definition) is 4. The van der Waals surface area contributed by atoms with Crippen molar-refractivity contribution in [3.8, 4) is 11.3 Å². The van der Waals surface area contributed by atoms with Crippen LogP contribution in [0.25, 0.3) is 11.3 Å². The third kappa shape index (κ3) is 4.08. The number of benzene rings is 1. The van der Waals surface area contributed by atoms with Crippen LogP contribution in [-0.2, 0) is 11.8 Å². The fourth-order valence-corrected chi connectivity index (χ4v) is 4.73. The lowest BCUT2D eigenvalue weighted by Crippen LogP contribution is -2.47. The summed E-state index contributed by atoms with van der Waals surface area (Å²) < 4.78 is 0. The Balaban J connectivity index is 1.50. The quantitative estimate of drug-likeness (QED) is 0.856. The van der Waals surface area contributed by atoms with Gasteiger partial charge in [0.25, 0.3) is 0 Å². The molecule has 0 amide bonds. The maximum absolute atomic E-state index is 9.02. The number of aryl methyl sites for hydroxylation is 1. The van der Waals surface area contributed by atoms with Gasteiger partial charge in [-0.3, -0.25) is 4.90 Å². The zero-order valence-electron chi connectivity index (χ0n) is 17.3. The highest BCUT2D eigenvalue weighted by molar-refractivity contribution is 5.64. The highest BCUT2D eigenvalue weighted by Crippen LogP contribution is 2.38. The van der Waals surface area contributed by atoms with Crippen LogP contribution in [0.15, 0.2) is 36.4 Å². The molecule has 4 heteroatoms. The highest BCUT2D eigenvalue weighted by atomic mass is 16.3. The van der Waals surface area contributed by atoms with Gasteiger partial charge >= 0.3 is 0 Å². The van der Waals surface area contributed by atoms with E-state index in [2.05, 4.69) is 60.0 Å². The summed E-state index contributed by atoms with van der Waals surface area (Å²) in [6, 6.07) is 13.4. The van der Waals surface area contributed by atoms with E-state index in [0.29, 0.717) is 0 Å². The minimum Gasteiger partial charge on any atom is -0.396 e. The van der Waals surface area contributed by atoms with Gasteiger partial charge in [0.15, 0.2) is 0 Å². The normalized spacial score (nSPS) is 19.5. The van der Waals surface area contributed by atoms with Gasteiger partial charge in [0.2, 0.25) is 0 Å². The standard InChI is InChI=1S/C24H33N3O/c1-24(2)11-4-6-19-18-20(9-10-21(19)24)22-7-3-8-23(25-22)27-15-13-26(14-16-27)12-5-17-28/h3,7-10,18,28H,4-6,11-17H2,1-2H3. The van der Waals surface area contributed by atoms with Crippen LogP contribution in [0.4, 0.5) is 5.82 Å². The smallest absolute Gasteiger partial charge is 0.129 e. The summed E-state index contributed by atoms with van der Waals surface area (Å²) in [6.07, 6.45) is 4.60. The van der Waals surface area contributed by atoms with Crippen LogP contribution in [-0.4, -0.2) is 54.3 Å². The monoisotopic (exact) mass is 379 g/mol. The van der Waals surface area contributed by atoms with Gasteiger partial charge < -0.3 is 10.0 Å². The molecule has 150 valence electrons. The first-order chi connectivity index (χ1) is 13.6. The van der Waals surface area contributed by atoms with Crippen LogP contribution in [0.1, 0.15) is 44.2 Å². The molecule has 1 saturated heterocycles. The summed E-state index contributed by atoms with van der Waals surface area (Å²) in [7, 11) is 0. The van der Waals surface area contributed by atoms with Crippen molar-refractivity contribution >= 4 is 5.82 Å². The SMILES string of the molecule is CC1(C)CCCc2cc(-c3cccc(N4CCN(CCCO)CC4)n3)ccc21. The van der Waals surface area contributed by atoms with E-state index in [1.807, 2.05) is 0 Å². The van der Waals surface area contributed by atoms with E-state index in [-0.39, 0.29) is 12.0 Å². The van der Waals surface area contributed by atoms with Crippen molar-refractivity contribution < 1.29 is 5.11 Å². The number of piperazine rings is 1. The molecule has 0 radical (unpaired) electrons. The lowest BCUT2D eigenvalue weighted by molar-refractivity contribution is 0.215. The molecule has 2 aromatic rings. The summed E-state index contributed by atoms with van der Waals surface area (Å²) in [5.41, 5.74) is 5.61. The van der Waals surface area contributed by atoms with Gasteiger partial charge in [0.05, 0.1) is 5.69 Å². The van der Waals surface area contributed by atoms with E-state index in [1.165, 1.54) is 36.0 Å². The van der Waals surface area contributed by atoms with Crippen LogP contribution in [0, 0.1) is 0 Å². The Morgan fingerprint density at radius 1 is 1.07 bits per heavy atom. The number of pyridine rings is 1. The molecule has 28 heavy (non-hydrogen) atoms. The number of hydrogen-bond donors (Lipinski definition) is 1. The molecule has 1 aliphatic heterocycles. The largest absolute Gasteiger partial charge is 0.396 e. The lowest BCUT2D eigenvalue weighted by atomic mass is 9.72. The number of nitrogens with zero attached hydrogens (tertiary/aromatic N) is 3. The first-order valence-electron chi connectivity index (χ1n) is 10.8. The molecule has 0 saturated carbocycles. The minimum absolute atomic E-state index is 0.280. The van der Waals surface area contributed by atoms with E-state index in [9.17, 15) is 0 Å². The number of fused-ring (bicyclic) bond motifs is 1. The molecule has 1 N–H and O–H groups in total. The third-order valence-corrected chi connectivity index (χ3v) is 6.44. The molecular weight excluding hydrogens is 346 g/mol. The molecule has 0 unspecified atom stereocenters. The first-order valence-corrected chi connectivity index (χ1v) is 10.8. The van der Waals surface area contributed by atoms with Crippen molar-refractivity contribution in [3.63, 3.8) is 0 Å². The number of aliphatic hydroxyl groups excluding tert-OH is 1. The first kappa shape index (κ1) is 19.4. The molecule has 4 nitrogen and oxygen atoms in total. The minimum atomic E-state index is 0.280. The van der Waals surface area contributed by atoms with Crippen molar-refractivity contribution in [2.24, 2.45) is 0 Å². The summed E-state index contributed by atoms with van der Waals surface area (Å²) in [4.78, 5) is 9.83. The molecule has 1 fully saturated rings. The van der Waals surface area contributed by atoms with Gasteiger partial charge in [-0.25, -0.2) is 4.98 Å². The molecule has 1 aliphatic carbocycles. The van der Waals surface area contributed by atoms with Gasteiger partial charge in [-0.2, -0.15) is 0 Å². The third-order valence-electron chi connectivity index (χ3n) is 6.44. The van der Waals surface area contributed by atoms with Crippen molar-refractivity contribution in [2.45, 2.75) is 44.9 Å². The number of anilines is 1.